The largest absolute Gasteiger partial charge is 0.375 e. The molecule has 36 heavy (non-hydrogen) atoms. The van der Waals surface area contributed by atoms with Crippen molar-refractivity contribution in [2.24, 2.45) is 9.63 Å². The molecule has 1 N–H and O–H groups in total. The van der Waals surface area contributed by atoms with Crippen molar-refractivity contribution in [2.45, 2.75) is 98.5 Å². The molecule has 8 nitrogen and oxygen atoms in total. The molecule has 0 aliphatic carbocycles. The number of hydrogen-bond acceptors (Lipinski definition) is 9. The highest BCUT2D eigenvalue weighted by Crippen LogP contribution is 2.79. The van der Waals surface area contributed by atoms with Crippen LogP contribution >= 0.6 is 22.3 Å². The van der Waals surface area contributed by atoms with Crippen LogP contribution in [0.1, 0.15) is 70.6 Å². The number of ether oxygens (including phenoxy) is 2. The minimum Gasteiger partial charge on any atom is -0.375 e. The Kier molecular flexibility index (Phi) is 6.84. The zero-order valence-electron chi connectivity index (χ0n) is 21.7. The van der Waals surface area contributed by atoms with E-state index in [1.54, 1.807) is 0 Å². The zero-order chi connectivity index (χ0) is 24.1. The van der Waals surface area contributed by atoms with E-state index < -0.39 is 10.6 Å². The minimum atomic E-state index is -1.95. The van der Waals surface area contributed by atoms with Gasteiger partial charge in [-0.1, -0.05) is 6.08 Å². The zero-order valence-corrected chi connectivity index (χ0v) is 23.3. The van der Waals surface area contributed by atoms with Gasteiger partial charge >= 0.3 is 0 Å². The van der Waals surface area contributed by atoms with Gasteiger partial charge in [-0.15, -0.1) is 4.52 Å². The Bertz CT molecular complexity index is 831. The smallest absolute Gasteiger partial charge is 0.159 e. The summed E-state index contributed by atoms with van der Waals surface area (Å²) < 4.78 is 24.7. The SMILES string of the molecule is C1=CN(S2(N3CCCN3)N=NC(C3CCCCO3)(C3CCCS3)C2(C2CCCO2)N2CCCC2)CC1. The van der Waals surface area contributed by atoms with Crippen molar-refractivity contribution >= 4 is 22.3 Å². The Morgan fingerprint density at radius 2 is 1.75 bits per heavy atom. The maximum Gasteiger partial charge on any atom is 0.159 e. The van der Waals surface area contributed by atoms with Gasteiger partial charge in [0.15, 0.2) is 10.4 Å². The fraction of sp³-hybridized carbons (Fsp3) is 0.923. The molecule has 6 atom stereocenters. The van der Waals surface area contributed by atoms with Crippen LogP contribution < -0.4 is 5.43 Å². The Labute approximate surface area is 222 Å². The standard InChI is InChI=1S/C26H44N6O2S2/c1-6-19-33-22(10-1)25(24-12-8-21-35-24)26(23-11-7-20-34-23,30-14-2-3-15-30)36(29-28-25,31-16-4-5-17-31)32-18-9-13-27-32/h4,16,22-24,27H,1-3,5-15,17-21H2. The summed E-state index contributed by atoms with van der Waals surface area (Å²) in [6.45, 7) is 7.03. The Hall–Kier alpha value is -0.360. The van der Waals surface area contributed by atoms with Gasteiger partial charge in [0, 0.05) is 54.9 Å². The van der Waals surface area contributed by atoms with E-state index in [-0.39, 0.29) is 22.6 Å². The van der Waals surface area contributed by atoms with Gasteiger partial charge in [-0.3, -0.25) is 4.90 Å². The molecule has 0 spiro atoms. The van der Waals surface area contributed by atoms with Gasteiger partial charge in [-0.05, 0) is 89.5 Å². The minimum absolute atomic E-state index is 0.110. The summed E-state index contributed by atoms with van der Waals surface area (Å²) in [6, 6.07) is 0. The molecule has 5 saturated heterocycles. The van der Waals surface area contributed by atoms with Crippen LogP contribution in [0.4, 0.5) is 0 Å². The third-order valence-electron chi connectivity index (χ3n) is 9.59. The molecular weight excluding hydrogens is 492 g/mol. The summed E-state index contributed by atoms with van der Waals surface area (Å²) in [7, 11) is -1.95. The number of nitrogens with zero attached hydrogens (tertiary/aromatic N) is 5. The number of rotatable bonds is 6. The first kappa shape index (κ1) is 24.7. The molecule has 0 aromatic carbocycles. The van der Waals surface area contributed by atoms with Crippen molar-refractivity contribution in [3.8, 4) is 0 Å². The van der Waals surface area contributed by atoms with Crippen LogP contribution in [-0.4, -0.2) is 93.2 Å². The Balaban J connectivity index is 1.51. The second kappa shape index (κ2) is 9.99. The molecule has 5 fully saturated rings. The lowest BCUT2D eigenvalue weighted by molar-refractivity contribution is -0.104. The molecule has 0 amide bonds. The normalized spacial score (nSPS) is 47.9. The van der Waals surface area contributed by atoms with E-state index in [2.05, 4.69) is 43.1 Å². The quantitative estimate of drug-likeness (QED) is 0.532. The number of hydrogen-bond donors (Lipinski definition) is 1. The molecule has 6 unspecified atom stereocenters. The van der Waals surface area contributed by atoms with Crippen molar-refractivity contribution in [1.82, 2.24) is 19.0 Å². The van der Waals surface area contributed by atoms with E-state index in [0.29, 0.717) is 5.25 Å². The van der Waals surface area contributed by atoms with E-state index >= 15 is 0 Å². The van der Waals surface area contributed by atoms with Crippen LogP contribution in [0.2, 0.25) is 0 Å². The highest BCUT2D eigenvalue weighted by atomic mass is 32.3. The van der Waals surface area contributed by atoms with Crippen LogP contribution in [0.25, 0.3) is 0 Å². The molecule has 10 heteroatoms. The number of likely N-dealkylation sites (tertiary alicyclic amines) is 1. The summed E-state index contributed by atoms with van der Waals surface area (Å²) in [5.41, 5.74) is 3.48. The second-order valence-electron chi connectivity index (χ2n) is 11.5. The predicted octanol–water partition coefficient (Wildman–Crippen LogP) is 4.61. The highest BCUT2D eigenvalue weighted by Gasteiger charge is 2.80. The van der Waals surface area contributed by atoms with Crippen LogP contribution in [0.5, 0.6) is 0 Å². The third kappa shape index (κ3) is 3.34. The fourth-order valence-electron chi connectivity index (χ4n) is 8.26. The monoisotopic (exact) mass is 536 g/mol. The first-order valence-electron chi connectivity index (χ1n) is 14.7. The van der Waals surface area contributed by atoms with Crippen molar-refractivity contribution in [3.05, 3.63) is 12.3 Å². The van der Waals surface area contributed by atoms with Crippen molar-refractivity contribution < 1.29 is 9.47 Å². The van der Waals surface area contributed by atoms with Gasteiger partial charge in [0.05, 0.1) is 12.2 Å². The summed E-state index contributed by atoms with van der Waals surface area (Å²) in [6.07, 6.45) is 17.9. The van der Waals surface area contributed by atoms with Crippen LogP contribution in [-0.2, 0) is 9.47 Å². The van der Waals surface area contributed by atoms with Crippen LogP contribution in [0, 0.1) is 0 Å². The molecule has 7 aliphatic heterocycles. The summed E-state index contributed by atoms with van der Waals surface area (Å²) >= 11 is 2.16. The maximum absolute atomic E-state index is 6.92. The van der Waals surface area contributed by atoms with Gasteiger partial charge in [0.25, 0.3) is 0 Å². The lowest BCUT2D eigenvalue weighted by atomic mass is 9.73. The molecule has 202 valence electrons. The summed E-state index contributed by atoms with van der Waals surface area (Å²) in [5.74, 6) is 1.23. The van der Waals surface area contributed by atoms with E-state index in [9.17, 15) is 0 Å². The highest BCUT2D eigenvalue weighted by molar-refractivity contribution is 8.30. The molecule has 0 saturated carbocycles. The van der Waals surface area contributed by atoms with Crippen LogP contribution in [0.15, 0.2) is 21.9 Å². The van der Waals surface area contributed by atoms with Crippen molar-refractivity contribution in [1.29, 1.82) is 0 Å². The lowest BCUT2D eigenvalue weighted by Crippen LogP contribution is -2.78. The molecule has 7 aliphatic rings. The predicted molar refractivity (Wildman–Crippen MR) is 147 cm³/mol. The van der Waals surface area contributed by atoms with E-state index in [1.807, 2.05) is 0 Å². The lowest BCUT2D eigenvalue weighted by Gasteiger charge is -2.66. The molecule has 0 radical (unpaired) electrons. The summed E-state index contributed by atoms with van der Waals surface area (Å²) in [5, 5.41) is 6.12. The Morgan fingerprint density at radius 3 is 2.42 bits per heavy atom. The van der Waals surface area contributed by atoms with E-state index in [4.69, 9.17) is 19.1 Å². The molecule has 7 rings (SSSR count). The molecule has 0 bridgehead atoms. The van der Waals surface area contributed by atoms with Crippen molar-refractivity contribution in [3.63, 3.8) is 0 Å². The van der Waals surface area contributed by atoms with E-state index in [0.717, 1.165) is 78.0 Å². The molecule has 0 aromatic heterocycles. The summed E-state index contributed by atoms with van der Waals surface area (Å²) in [4.78, 5) is 2.56. The average Bonchev–Trinajstić information content (AvgIpc) is 3.74. The first-order chi connectivity index (χ1) is 17.8. The maximum atomic E-state index is 6.92. The average molecular weight is 537 g/mol. The molecule has 0 aromatic rings. The molecule has 7 heterocycles. The van der Waals surface area contributed by atoms with Gasteiger partial charge in [0.2, 0.25) is 0 Å². The van der Waals surface area contributed by atoms with Crippen molar-refractivity contribution in [2.75, 3.05) is 51.7 Å². The number of hydrazine groups is 1. The molecular formula is C26H44N6O2S2. The fourth-order valence-corrected chi connectivity index (χ4v) is 14.5. The van der Waals surface area contributed by atoms with Gasteiger partial charge in [0.1, 0.15) is 0 Å². The number of thioether (sulfide) groups is 1. The van der Waals surface area contributed by atoms with Gasteiger partial charge in [-0.2, -0.15) is 21.3 Å². The van der Waals surface area contributed by atoms with E-state index in [1.165, 1.54) is 44.3 Å². The Morgan fingerprint density at radius 1 is 0.889 bits per heavy atom. The van der Waals surface area contributed by atoms with Crippen LogP contribution in [0.3, 0.4) is 0 Å². The topological polar surface area (TPSA) is 64.9 Å². The third-order valence-corrected chi connectivity index (χ3v) is 15.0. The van der Waals surface area contributed by atoms with Gasteiger partial charge < -0.3 is 13.8 Å². The first-order valence-corrected chi connectivity index (χ1v) is 17.2. The van der Waals surface area contributed by atoms with Gasteiger partial charge in [-0.25, -0.2) is 5.43 Å². The second-order valence-corrected chi connectivity index (χ2v) is 15.5. The number of nitrogens with one attached hydrogen (secondary N) is 1.